The number of halogens is 3. The maximum absolute atomic E-state index is 13.8. The molecule has 4 aromatic rings. The minimum atomic E-state index is -4.49. The molecule has 0 saturated heterocycles. The van der Waals surface area contributed by atoms with E-state index in [-0.39, 0.29) is 36.3 Å². The number of aliphatic hydroxyl groups is 1. The third-order valence-electron chi connectivity index (χ3n) is 7.97. The molecule has 3 atom stereocenters. The summed E-state index contributed by atoms with van der Waals surface area (Å²) in [5.41, 5.74) is 1.33. The van der Waals surface area contributed by atoms with Crippen LogP contribution in [-0.4, -0.2) is 57.3 Å². The maximum atomic E-state index is 13.8. The summed E-state index contributed by atoms with van der Waals surface area (Å²) in [5.74, 6) is -1.21. The first-order chi connectivity index (χ1) is 23.1. The van der Waals surface area contributed by atoms with E-state index in [1.807, 2.05) is 48.5 Å². The zero-order valence-corrected chi connectivity index (χ0v) is 28.1. The Labute approximate surface area is 284 Å². The Balaban J connectivity index is 1.57. The quantitative estimate of drug-likeness (QED) is 0.146. The van der Waals surface area contributed by atoms with Gasteiger partial charge in [0.15, 0.2) is 0 Å². The van der Waals surface area contributed by atoms with Gasteiger partial charge in [-0.1, -0.05) is 78.9 Å². The number of hydrogen-bond donors (Lipinski definition) is 4. The van der Waals surface area contributed by atoms with Crippen molar-refractivity contribution in [3.05, 3.63) is 137 Å². The van der Waals surface area contributed by atoms with Crippen LogP contribution in [0.3, 0.4) is 0 Å². The summed E-state index contributed by atoms with van der Waals surface area (Å²) in [6, 6.07) is 25.9. The van der Waals surface area contributed by atoms with Gasteiger partial charge in [-0.15, -0.1) is 0 Å². The van der Waals surface area contributed by atoms with E-state index in [1.54, 1.807) is 19.1 Å². The summed E-state index contributed by atoms with van der Waals surface area (Å²) in [5, 5.41) is 19.9. The largest absolute Gasteiger partial charge is 0.416 e. The van der Waals surface area contributed by atoms with E-state index in [1.165, 1.54) is 37.4 Å². The lowest BCUT2D eigenvalue weighted by Gasteiger charge is -2.26. The Hall–Kier alpha value is -4.72. The van der Waals surface area contributed by atoms with E-state index < -0.39 is 51.8 Å². The summed E-state index contributed by atoms with van der Waals surface area (Å²) in [6.07, 6.45) is -4.49. The highest BCUT2D eigenvalue weighted by molar-refractivity contribution is 7.92. The van der Waals surface area contributed by atoms with E-state index in [0.29, 0.717) is 5.56 Å². The number of amides is 2. The van der Waals surface area contributed by atoms with Crippen molar-refractivity contribution < 1.29 is 36.3 Å². The number of anilines is 1. The second-order valence-electron chi connectivity index (χ2n) is 11.8. The number of sulfonamides is 1. The van der Waals surface area contributed by atoms with Crippen LogP contribution in [0.15, 0.2) is 103 Å². The van der Waals surface area contributed by atoms with Crippen molar-refractivity contribution in [3.63, 3.8) is 0 Å². The summed E-state index contributed by atoms with van der Waals surface area (Å²) in [4.78, 5) is 27.2. The van der Waals surface area contributed by atoms with Crippen molar-refractivity contribution in [1.29, 1.82) is 0 Å². The molecule has 4 rings (SSSR count). The minimum absolute atomic E-state index is 0.0206. The molecule has 0 unspecified atom stereocenters. The number of nitrogens with one attached hydrogen (secondary N) is 3. The Bertz CT molecular complexity index is 1840. The van der Waals surface area contributed by atoms with Gasteiger partial charge >= 0.3 is 6.18 Å². The van der Waals surface area contributed by atoms with Crippen LogP contribution >= 0.6 is 0 Å². The van der Waals surface area contributed by atoms with Gasteiger partial charge in [-0.05, 0) is 54.3 Å². The Morgan fingerprint density at radius 1 is 0.816 bits per heavy atom. The minimum Gasteiger partial charge on any atom is -0.390 e. The fourth-order valence-electron chi connectivity index (χ4n) is 5.12. The van der Waals surface area contributed by atoms with Gasteiger partial charge in [0.05, 0.1) is 35.7 Å². The van der Waals surface area contributed by atoms with Gasteiger partial charge in [0, 0.05) is 31.3 Å². The van der Waals surface area contributed by atoms with Crippen LogP contribution in [0.1, 0.15) is 55.9 Å². The Morgan fingerprint density at radius 3 is 1.98 bits per heavy atom. The monoisotopic (exact) mass is 696 g/mol. The molecule has 0 aromatic heterocycles. The lowest BCUT2D eigenvalue weighted by atomic mass is 9.99. The molecule has 0 radical (unpaired) electrons. The van der Waals surface area contributed by atoms with E-state index in [4.69, 9.17) is 0 Å². The predicted octanol–water partition coefficient (Wildman–Crippen LogP) is 5.08. The molecule has 0 fully saturated rings. The van der Waals surface area contributed by atoms with Crippen molar-refractivity contribution in [1.82, 2.24) is 16.0 Å². The van der Waals surface area contributed by atoms with E-state index in [2.05, 4.69) is 16.0 Å². The molecular weight excluding hydrogens is 657 g/mol. The first kappa shape index (κ1) is 37.1. The first-order valence-corrected chi connectivity index (χ1v) is 17.3. The molecule has 4 aromatic carbocycles. The van der Waals surface area contributed by atoms with Crippen molar-refractivity contribution in [2.45, 2.75) is 44.3 Å². The van der Waals surface area contributed by atoms with Crippen LogP contribution in [0.25, 0.3) is 0 Å². The summed E-state index contributed by atoms with van der Waals surface area (Å²) >= 11 is 0. The molecular formula is C36H39F3N4O5S. The fourth-order valence-corrected chi connectivity index (χ4v) is 5.61. The fraction of sp³-hybridized carbons (Fsp3) is 0.278. The molecule has 0 aliphatic carbocycles. The first-order valence-electron chi connectivity index (χ1n) is 15.5. The van der Waals surface area contributed by atoms with Crippen LogP contribution in [0, 0.1) is 0 Å². The molecule has 0 heterocycles. The van der Waals surface area contributed by atoms with Crippen molar-refractivity contribution in [2.24, 2.45) is 0 Å². The molecule has 2 amide bonds. The second kappa shape index (κ2) is 16.1. The van der Waals surface area contributed by atoms with Gasteiger partial charge in [-0.25, -0.2) is 8.42 Å². The average Bonchev–Trinajstić information content (AvgIpc) is 3.07. The molecule has 13 heteroatoms. The topological polar surface area (TPSA) is 128 Å². The number of benzene rings is 4. The molecule has 0 saturated carbocycles. The normalized spacial score (nSPS) is 13.6. The van der Waals surface area contributed by atoms with E-state index in [0.717, 1.165) is 33.8 Å². The predicted molar refractivity (Wildman–Crippen MR) is 183 cm³/mol. The van der Waals surface area contributed by atoms with Crippen molar-refractivity contribution >= 4 is 27.5 Å². The van der Waals surface area contributed by atoms with Gasteiger partial charge < -0.3 is 21.1 Å². The van der Waals surface area contributed by atoms with Gasteiger partial charge in [-0.2, -0.15) is 13.2 Å². The molecule has 49 heavy (non-hydrogen) atoms. The lowest BCUT2D eigenvalue weighted by Crippen LogP contribution is -2.48. The van der Waals surface area contributed by atoms with Crippen LogP contribution in [0.5, 0.6) is 0 Å². The van der Waals surface area contributed by atoms with Crippen LogP contribution in [0.4, 0.5) is 18.9 Å². The van der Waals surface area contributed by atoms with Crippen molar-refractivity contribution in [2.75, 3.05) is 24.2 Å². The number of hydrogen-bond acceptors (Lipinski definition) is 6. The number of rotatable bonds is 14. The van der Waals surface area contributed by atoms with Crippen LogP contribution < -0.4 is 20.3 Å². The van der Waals surface area contributed by atoms with E-state index in [9.17, 15) is 36.3 Å². The zero-order chi connectivity index (χ0) is 35.8. The van der Waals surface area contributed by atoms with Crippen LogP contribution in [-0.2, 0) is 29.2 Å². The van der Waals surface area contributed by atoms with Gasteiger partial charge in [0.2, 0.25) is 10.0 Å². The second-order valence-corrected chi connectivity index (χ2v) is 13.8. The van der Waals surface area contributed by atoms with Gasteiger partial charge in [0.1, 0.15) is 0 Å². The Kier molecular flexibility index (Phi) is 12.2. The molecule has 0 aliphatic rings. The lowest BCUT2D eigenvalue weighted by molar-refractivity contribution is -0.137. The smallest absolute Gasteiger partial charge is 0.390 e. The molecule has 4 N–H and O–H groups in total. The standard InChI is InChI=1S/C36H39F3N4O5S/c1-24(27-14-8-5-9-15-27)41-34(45)28-19-29(21-31(20-28)43(2)49(3,47)48)35(46)42-32(18-25-11-6-4-7-12-25)33(44)23-40-22-26-13-10-16-30(17-26)36(37,38)39/h4-17,19-21,24,32-33,40,44H,18,22-23H2,1-3H3,(H,41,45)(H,42,46)/t24-,32+,33-/m1/s1. The van der Waals surface area contributed by atoms with E-state index >= 15 is 0 Å². The number of nitrogens with zero attached hydrogens (tertiary/aromatic N) is 1. The number of alkyl halides is 3. The highest BCUT2D eigenvalue weighted by Crippen LogP contribution is 2.29. The molecule has 260 valence electrons. The average molecular weight is 697 g/mol. The summed E-state index contributed by atoms with van der Waals surface area (Å²) in [6.45, 7) is 1.76. The summed E-state index contributed by atoms with van der Waals surface area (Å²) < 4.78 is 65.3. The zero-order valence-electron chi connectivity index (χ0n) is 27.2. The van der Waals surface area contributed by atoms with Crippen molar-refractivity contribution in [3.8, 4) is 0 Å². The van der Waals surface area contributed by atoms with Crippen LogP contribution in [0.2, 0.25) is 0 Å². The molecule has 0 bridgehead atoms. The number of aliphatic hydroxyl groups excluding tert-OH is 1. The maximum Gasteiger partial charge on any atom is 0.416 e. The number of carbonyl (C=O) groups excluding carboxylic acids is 2. The molecule has 9 nitrogen and oxygen atoms in total. The van der Waals surface area contributed by atoms with Gasteiger partial charge in [-0.3, -0.25) is 13.9 Å². The molecule has 0 aliphatic heterocycles. The third-order valence-corrected chi connectivity index (χ3v) is 9.17. The van der Waals surface area contributed by atoms with Gasteiger partial charge in [0.25, 0.3) is 11.8 Å². The SMILES string of the molecule is C[C@@H](NC(=O)c1cc(C(=O)N[C@@H](Cc2ccccc2)[C@H](O)CNCc2cccc(C(F)(F)F)c2)cc(N(C)S(C)(=O)=O)c1)c1ccccc1. The highest BCUT2D eigenvalue weighted by Gasteiger charge is 2.30. The highest BCUT2D eigenvalue weighted by atomic mass is 32.2. The Morgan fingerprint density at radius 2 is 1.39 bits per heavy atom. The summed E-state index contributed by atoms with van der Waals surface area (Å²) in [7, 11) is -2.46. The third kappa shape index (κ3) is 10.6. The molecule has 0 spiro atoms. The number of carbonyl (C=O) groups is 2.